The summed E-state index contributed by atoms with van der Waals surface area (Å²) in [6.07, 6.45) is 1.82. The average molecular weight is 309 g/mol. The van der Waals surface area contributed by atoms with Crippen LogP contribution in [0.15, 0.2) is 18.2 Å². The van der Waals surface area contributed by atoms with Gasteiger partial charge in [-0.2, -0.15) is 0 Å². The van der Waals surface area contributed by atoms with Crippen molar-refractivity contribution in [1.29, 1.82) is 0 Å². The Hall–Kier alpha value is -1.82. The molecule has 2 amide bonds. The van der Waals surface area contributed by atoms with Crippen LogP contribution in [0.1, 0.15) is 25.3 Å². The maximum atomic E-state index is 13.7. The molecule has 6 heteroatoms. The number of ether oxygens (including phenoxy) is 1. The molecule has 1 aromatic rings. The zero-order chi connectivity index (χ0) is 15.9. The van der Waals surface area contributed by atoms with Gasteiger partial charge in [-0.1, -0.05) is 6.07 Å². The van der Waals surface area contributed by atoms with Gasteiger partial charge in [0.2, 0.25) is 0 Å². The number of benzene rings is 1. The predicted octanol–water partition coefficient (Wildman–Crippen LogP) is 2.12. The van der Waals surface area contributed by atoms with Gasteiger partial charge in [-0.05, 0) is 37.5 Å². The van der Waals surface area contributed by atoms with Crippen molar-refractivity contribution in [2.45, 2.75) is 32.4 Å². The molecule has 1 saturated heterocycles. The first-order valence-corrected chi connectivity index (χ1v) is 7.71. The van der Waals surface area contributed by atoms with Crippen LogP contribution in [0.5, 0.6) is 5.75 Å². The average Bonchev–Trinajstić information content (AvgIpc) is 2.50. The lowest BCUT2D eigenvalue weighted by Gasteiger charge is -2.32. The third-order valence-corrected chi connectivity index (χ3v) is 3.88. The van der Waals surface area contributed by atoms with Gasteiger partial charge >= 0.3 is 6.03 Å². The Kier molecular flexibility index (Phi) is 6.00. The van der Waals surface area contributed by atoms with Gasteiger partial charge in [0.05, 0.1) is 7.11 Å². The Morgan fingerprint density at radius 1 is 1.41 bits per heavy atom. The fraction of sp³-hybridized carbons (Fsp3) is 0.562. The maximum absolute atomic E-state index is 13.7. The molecule has 22 heavy (non-hydrogen) atoms. The summed E-state index contributed by atoms with van der Waals surface area (Å²) in [5.41, 5.74) is 0.938. The molecule has 0 atom stereocenters. The Balaban J connectivity index is 1.80. The van der Waals surface area contributed by atoms with E-state index in [-0.39, 0.29) is 23.6 Å². The maximum Gasteiger partial charge on any atom is 0.314 e. The van der Waals surface area contributed by atoms with Crippen LogP contribution in [-0.2, 0) is 6.54 Å². The number of hydrogen-bond acceptors (Lipinski definition) is 3. The molecule has 0 aliphatic carbocycles. The number of piperidine rings is 1. The highest BCUT2D eigenvalue weighted by atomic mass is 19.1. The minimum Gasteiger partial charge on any atom is -0.494 e. The van der Waals surface area contributed by atoms with Crippen LogP contribution in [0.25, 0.3) is 0 Å². The summed E-state index contributed by atoms with van der Waals surface area (Å²) in [4.78, 5) is 13.8. The van der Waals surface area contributed by atoms with Gasteiger partial charge in [0.1, 0.15) is 0 Å². The van der Waals surface area contributed by atoms with Crippen LogP contribution in [0.3, 0.4) is 0 Å². The number of rotatable bonds is 5. The molecule has 5 nitrogen and oxygen atoms in total. The SMILES string of the molecule is CCNC(=O)NC1CCN(Cc2ccc(OC)c(F)c2)CC1. The Morgan fingerprint density at radius 3 is 2.73 bits per heavy atom. The van der Waals surface area contributed by atoms with Crippen LogP contribution in [-0.4, -0.2) is 43.7 Å². The Morgan fingerprint density at radius 2 is 2.14 bits per heavy atom. The Labute approximate surface area is 130 Å². The van der Waals surface area contributed by atoms with Gasteiger partial charge < -0.3 is 15.4 Å². The van der Waals surface area contributed by atoms with Crippen molar-refractivity contribution in [2.24, 2.45) is 0 Å². The lowest BCUT2D eigenvalue weighted by atomic mass is 10.0. The van der Waals surface area contributed by atoms with Crippen molar-refractivity contribution >= 4 is 6.03 Å². The summed E-state index contributed by atoms with van der Waals surface area (Å²) >= 11 is 0. The van der Waals surface area contributed by atoms with Crippen molar-refractivity contribution in [3.63, 3.8) is 0 Å². The van der Waals surface area contributed by atoms with Crippen LogP contribution >= 0.6 is 0 Å². The van der Waals surface area contributed by atoms with Crippen molar-refractivity contribution in [1.82, 2.24) is 15.5 Å². The van der Waals surface area contributed by atoms with E-state index in [1.165, 1.54) is 13.2 Å². The lowest BCUT2D eigenvalue weighted by molar-refractivity contribution is 0.186. The third kappa shape index (κ3) is 4.59. The van der Waals surface area contributed by atoms with Crippen LogP contribution in [0.4, 0.5) is 9.18 Å². The molecule has 0 aromatic heterocycles. The topological polar surface area (TPSA) is 53.6 Å². The number of nitrogens with zero attached hydrogens (tertiary/aromatic N) is 1. The molecule has 1 aliphatic heterocycles. The van der Waals surface area contributed by atoms with Crippen LogP contribution in [0.2, 0.25) is 0 Å². The molecule has 1 heterocycles. The van der Waals surface area contributed by atoms with Gasteiger partial charge in [0.15, 0.2) is 11.6 Å². The highest BCUT2D eigenvalue weighted by Gasteiger charge is 2.20. The number of nitrogens with one attached hydrogen (secondary N) is 2. The highest BCUT2D eigenvalue weighted by molar-refractivity contribution is 5.74. The molecule has 0 radical (unpaired) electrons. The number of amides is 2. The quantitative estimate of drug-likeness (QED) is 0.876. The minimum absolute atomic E-state index is 0.0989. The first-order valence-electron chi connectivity index (χ1n) is 7.71. The highest BCUT2D eigenvalue weighted by Crippen LogP contribution is 2.20. The summed E-state index contributed by atoms with van der Waals surface area (Å²) in [5.74, 6) is -0.0543. The molecule has 1 fully saturated rings. The van der Waals surface area contributed by atoms with Crippen molar-refractivity contribution in [3.8, 4) is 5.75 Å². The van der Waals surface area contributed by atoms with E-state index in [0.29, 0.717) is 6.54 Å². The second-order valence-electron chi connectivity index (χ2n) is 5.52. The fourth-order valence-corrected chi connectivity index (χ4v) is 2.70. The predicted molar refractivity (Wildman–Crippen MR) is 83.5 cm³/mol. The number of carbonyl (C=O) groups excluding carboxylic acids is 1. The minimum atomic E-state index is -0.326. The number of methoxy groups -OCH3 is 1. The van der Waals surface area contributed by atoms with Gasteiger partial charge in [0, 0.05) is 32.2 Å². The first kappa shape index (κ1) is 16.5. The van der Waals surface area contributed by atoms with E-state index in [1.807, 2.05) is 13.0 Å². The van der Waals surface area contributed by atoms with Gasteiger partial charge in [-0.3, -0.25) is 4.90 Å². The number of urea groups is 1. The first-order chi connectivity index (χ1) is 10.6. The van der Waals surface area contributed by atoms with E-state index in [1.54, 1.807) is 6.07 Å². The van der Waals surface area contributed by atoms with Crippen molar-refractivity contribution in [3.05, 3.63) is 29.6 Å². The van der Waals surface area contributed by atoms with E-state index in [4.69, 9.17) is 4.74 Å². The molecule has 122 valence electrons. The smallest absolute Gasteiger partial charge is 0.314 e. The second kappa shape index (κ2) is 7.98. The van der Waals surface area contributed by atoms with E-state index in [0.717, 1.165) is 38.0 Å². The summed E-state index contributed by atoms with van der Waals surface area (Å²) in [7, 11) is 1.46. The summed E-state index contributed by atoms with van der Waals surface area (Å²) in [6.45, 7) is 5.04. The summed E-state index contributed by atoms with van der Waals surface area (Å²) in [5, 5.41) is 5.72. The van der Waals surface area contributed by atoms with E-state index in [2.05, 4.69) is 15.5 Å². The van der Waals surface area contributed by atoms with Gasteiger partial charge in [0.25, 0.3) is 0 Å². The molecule has 0 spiro atoms. The van der Waals surface area contributed by atoms with Crippen LogP contribution < -0.4 is 15.4 Å². The van der Waals surface area contributed by atoms with Gasteiger partial charge in [-0.25, -0.2) is 9.18 Å². The zero-order valence-corrected chi connectivity index (χ0v) is 13.2. The second-order valence-corrected chi connectivity index (χ2v) is 5.52. The largest absolute Gasteiger partial charge is 0.494 e. The number of likely N-dealkylation sites (tertiary alicyclic amines) is 1. The normalized spacial score (nSPS) is 16.3. The lowest BCUT2D eigenvalue weighted by Crippen LogP contribution is -2.47. The summed E-state index contributed by atoms with van der Waals surface area (Å²) < 4.78 is 18.6. The standard InChI is InChI=1S/C16H24FN3O2/c1-3-18-16(21)19-13-6-8-20(9-7-13)11-12-4-5-15(22-2)14(17)10-12/h4-5,10,13H,3,6-9,11H2,1-2H3,(H2,18,19,21). The molecule has 1 aliphatic rings. The van der Waals surface area contributed by atoms with Gasteiger partial charge in [-0.15, -0.1) is 0 Å². The molecular weight excluding hydrogens is 285 g/mol. The van der Waals surface area contributed by atoms with E-state index < -0.39 is 0 Å². The fourth-order valence-electron chi connectivity index (χ4n) is 2.70. The summed E-state index contributed by atoms with van der Waals surface area (Å²) in [6, 6.07) is 5.20. The van der Waals surface area contributed by atoms with Crippen molar-refractivity contribution in [2.75, 3.05) is 26.7 Å². The number of hydrogen-bond donors (Lipinski definition) is 2. The molecular formula is C16H24FN3O2. The molecule has 2 rings (SSSR count). The molecule has 2 N–H and O–H groups in total. The van der Waals surface area contributed by atoms with E-state index >= 15 is 0 Å². The third-order valence-electron chi connectivity index (χ3n) is 3.88. The van der Waals surface area contributed by atoms with Crippen molar-refractivity contribution < 1.29 is 13.9 Å². The monoisotopic (exact) mass is 309 g/mol. The Bertz CT molecular complexity index is 502. The zero-order valence-electron chi connectivity index (χ0n) is 13.2. The molecule has 0 saturated carbocycles. The molecule has 0 bridgehead atoms. The van der Waals surface area contributed by atoms with Crippen LogP contribution in [0, 0.1) is 5.82 Å². The number of halogens is 1. The number of carbonyl (C=O) groups is 1. The molecule has 1 aromatic carbocycles. The van der Waals surface area contributed by atoms with E-state index in [9.17, 15) is 9.18 Å². The molecule has 0 unspecified atom stereocenters.